The molecule has 1 aliphatic rings. The standard InChI is InChI=1S/C20H16F3N5O2/c21-20(22,23)13-7-5-12(6-8-13)14-9-25-18(29)17(14)19(30)27-15-3-1-2-4-16(15)28-11-24-10-26-28/h1-8,10-11,14,17H,9H2,(H,25,29)(H,27,30)/t14-,17-/m1/s1. The Hall–Kier alpha value is -3.69. The van der Waals surface area contributed by atoms with Gasteiger partial charge in [0.05, 0.1) is 16.9 Å². The van der Waals surface area contributed by atoms with Crippen molar-refractivity contribution in [2.75, 3.05) is 11.9 Å². The Morgan fingerprint density at radius 2 is 1.87 bits per heavy atom. The molecule has 0 bridgehead atoms. The highest BCUT2D eigenvalue weighted by Gasteiger charge is 2.41. The number of amides is 2. The molecule has 2 atom stereocenters. The highest BCUT2D eigenvalue weighted by molar-refractivity contribution is 6.09. The molecule has 30 heavy (non-hydrogen) atoms. The summed E-state index contributed by atoms with van der Waals surface area (Å²) in [6.07, 6.45) is -1.63. The fourth-order valence-corrected chi connectivity index (χ4v) is 3.47. The van der Waals surface area contributed by atoms with E-state index in [4.69, 9.17) is 0 Å². The minimum absolute atomic E-state index is 0.160. The molecule has 0 saturated carbocycles. The average Bonchev–Trinajstić information content (AvgIpc) is 3.38. The zero-order chi connectivity index (χ0) is 21.3. The number of benzene rings is 2. The molecule has 1 saturated heterocycles. The maximum atomic E-state index is 13.0. The van der Waals surface area contributed by atoms with Gasteiger partial charge in [-0.3, -0.25) is 9.59 Å². The number of carbonyl (C=O) groups is 2. The Balaban J connectivity index is 1.58. The van der Waals surface area contributed by atoms with Crippen LogP contribution in [0.4, 0.5) is 18.9 Å². The summed E-state index contributed by atoms with van der Waals surface area (Å²) in [6, 6.07) is 11.4. The molecule has 7 nitrogen and oxygen atoms in total. The van der Waals surface area contributed by atoms with Crippen LogP contribution in [0.25, 0.3) is 5.69 Å². The highest BCUT2D eigenvalue weighted by Crippen LogP contribution is 2.34. The van der Waals surface area contributed by atoms with Crippen molar-refractivity contribution in [1.29, 1.82) is 0 Å². The van der Waals surface area contributed by atoms with E-state index in [1.807, 2.05) is 0 Å². The van der Waals surface area contributed by atoms with Crippen molar-refractivity contribution in [2.24, 2.45) is 5.92 Å². The number of rotatable bonds is 4. The second-order valence-electron chi connectivity index (χ2n) is 6.80. The molecule has 0 spiro atoms. The molecule has 0 unspecified atom stereocenters. The van der Waals surface area contributed by atoms with Crippen LogP contribution in [-0.4, -0.2) is 33.1 Å². The van der Waals surface area contributed by atoms with Crippen molar-refractivity contribution in [3.8, 4) is 5.69 Å². The monoisotopic (exact) mass is 415 g/mol. The minimum atomic E-state index is -4.45. The summed E-state index contributed by atoms with van der Waals surface area (Å²) < 4.78 is 39.9. The third kappa shape index (κ3) is 3.76. The summed E-state index contributed by atoms with van der Waals surface area (Å²) in [5.74, 6) is -2.69. The summed E-state index contributed by atoms with van der Waals surface area (Å²) in [6.45, 7) is 0.160. The molecule has 2 heterocycles. The highest BCUT2D eigenvalue weighted by atomic mass is 19.4. The molecular formula is C20H16F3N5O2. The fraction of sp³-hybridized carbons (Fsp3) is 0.200. The van der Waals surface area contributed by atoms with Crippen molar-refractivity contribution in [3.05, 3.63) is 72.3 Å². The number of carbonyl (C=O) groups excluding carboxylic acids is 2. The zero-order valence-electron chi connectivity index (χ0n) is 15.4. The fourth-order valence-electron chi connectivity index (χ4n) is 3.47. The van der Waals surface area contributed by atoms with Crippen molar-refractivity contribution in [3.63, 3.8) is 0 Å². The Kier molecular flexibility index (Phi) is 4.98. The maximum absolute atomic E-state index is 13.0. The van der Waals surface area contributed by atoms with Gasteiger partial charge in [0.1, 0.15) is 18.6 Å². The SMILES string of the molecule is O=C1NC[C@H](c2ccc(C(F)(F)F)cc2)[C@H]1C(=O)Nc1ccccc1-n1cncn1. The van der Waals surface area contributed by atoms with Crippen LogP contribution in [0.5, 0.6) is 0 Å². The number of anilines is 1. The first kappa shape index (κ1) is 19.6. The van der Waals surface area contributed by atoms with Crippen molar-refractivity contribution in [2.45, 2.75) is 12.1 Å². The number of alkyl halides is 3. The Morgan fingerprint density at radius 3 is 2.53 bits per heavy atom. The smallest absolute Gasteiger partial charge is 0.355 e. The lowest BCUT2D eigenvalue weighted by molar-refractivity contribution is -0.137. The zero-order valence-corrected chi connectivity index (χ0v) is 15.4. The Labute approximate surface area is 168 Å². The number of hydrogen-bond acceptors (Lipinski definition) is 4. The molecule has 1 aromatic heterocycles. The summed E-state index contributed by atoms with van der Waals surface area (Å²) in [4.78, 5) is 29.2. The topological polar surface area (TPSA) is 88.9 Å². The van der Waals surface area contributed by atoms with Crippen LogP contribution in [-0.2, 0) is 15.8 Å². The van der Waals surface area contributed by atoms with Gasteiger partial charge in [0.25, 0.3) is 0 Å². The number of aromatic nitrogens is 3. The quantitative estimate of drug-likeness (QED) is 0.642. The second kappa shape index (κ2) is 7.62. The first-order valence-corrected chi connectivity index (χ1v) is 9.04. The van der Waals surface area contributed by atoms with Crippen LogP contribution >= 0.6 is 0 Å². The van der Waals surface area contributed by atoms with E-state index in [1.54, 1.807) is 24.3 Å². The van der Waals surface area contributed by atoms with Gasteiger partial charge in [-0.2, -0.15) is 18.3 Å². The lowest BCUT2D eigenvalue weighted by Crippen LogP contribution is -2.32. The molecular weight excluding hydrogens is 399 g/mol. The summed E-state index contributed by atoms with van der Waals surface area (Å²) >= 11 is 0. The molecule has 4 rings (SSSR count). The van der Waals surface area contributed by atoms with Crippen LogP contribution in [0.3, 0.4) is 0 Å². The van der Waals surface area contributed by atoms with Gasteiger partial charge in [-0.1, -0.05) is 24.3 Å². The third-order valence-electron chi connectivity index (χ3n) is 4.96. The number of hydrogen-bond donors (Lipinski definition) is 2. The summed E-state index contributed by atoms with van der Waals surface area (Å²) in [5.41, 5.74) is 0.684. The van der Waals surface area contributed by atoms with Crippen molar-refractivity contribution < 1.29 is 22.8 Å². The van der Waals surface area contributed by atoms with Crippen LogP contribution in [0, 0.1) is 5.92 Å². The van der Waals surface area contributed by atoms with Crippen LogP contribution in [0.15, 0.2) is 61.2 Å². The lowest BCUT2D eigenvalue weighted by atomic mass is 9.87. The largest absolute Gasteiger partial charge is 0.416 e. The van der Waals surface area contributed by atoms with E-state index in [1.165, 1.54) is 29.5 Å². The number of nitrogens with zero attached hydrogens (tertiary/aromatic N) is 3. The van der Waals surface area contributed by atoms with Gasteiger partial charge >= 0.3 is 6.18 Å². The van der Waals surface area contributed by atoms with Gasteiger partial charge in [0.15, 0.2) is 0 Å². The van der Waals surface area contributed by atoms with E-state index in [2.05, 4.69) is 20.7 Å². The van der Waals surface area contributed by atoms with E-state index in [-0.39, 0.29) is 6.54 Å². The van der Waals surface area contributed by atoms with Crippen LogP contribution in [0.2, 0.25) is 0 Å². The second-order valence-corrected chi connectivity index (χ2v) is 6.80. The molecule has 2 aromatic carbocycles. The molecule has 10 heteroatoms. The van der Waals surface area contributed by atoms with Crippen molar-refractivity contribution in [1.82, 2.24) is 20.1 Å². The first-order valence-electron chi connectivity index (χ1n) is 9.04. The number of para-hydroxylation sites is 2. The Bertz CT molecular complexity index is 1060. The maximum Gasteiger partial charge on any atom is 0.416 e. The molecule has 3 aromatic rings. The number of halogens is 3. The molecule has 1 aliphatic heterocycles. The van der Waals surface area contributed by atoms with Crippen LogP contribution in [0.1, 0.15) is 17.0 Å². The van der Waals surface area contributed by atoms with Gasteiger partial charge < -0.3 is 10.6 Å². The Morgan fingerprint density at radius 1 is 1.13 bits per heavy atom. The number of nitrogens with one attached hydrogen (secondary N) is 2. The minimum Gasteiger partial charge on any atom is -0.355 e. The summed E-state index contributed by atoms with van der Waals surface area (Å²) in [5, 5.41) is 9.40. The molecule has 2 N–H and O–H groups in total. The van der Waals surface area contributed by atoms with Gasteiger partial charge in [-0.25, -0.2) is 9.67 Å². The lowest BCUT2D eigenvalue weighted by Gasteiger charge is -2.19. The third-order valence-corrected chi connectivity index (χ3v) is 4.96. The van der Waals surface area contributed by atoms with Gasteiger partial charge in [0, 0.05) is 12.5 Å². The molecule has 0 radical (unpaired) electrons. The predicted octanol–water partition coefficient (Wildman–Crippen LogP) is 2.75. The average molecular weight is 415 g/mol. The van der Waals surface area contributed by atoms with Gasteiger partial charge in [0.2, 0.25) is 11.8 Å². The van der Waals surface area contributed by atoms with E-state index < -0.39 is 35.4 Å². The summed E-state index contributed by atoms with van der Waals surface area (Å²) in [7, 11) is 0. The van der Waals surface area contributed by atoms with Gasteiger partial charge in [-0.15, -0.1) is 0 Å². The van der Waals surface area contributed by atoms with E-state index in [0.29, 0.717) is 16.9 Å². The molecule has 154 valence electrons. The van der Waals surface area contributed by atoms with E-state index >= 15 is 0 Å². The van der Waals surface area contributed by atoms with Gasteiger partial charge in [-0.05, 0) is 29.8 Å². The predicted molar refractivity (Wildman–Crippen MR) is 101 cm³/mol. The van der Waals surface area contributed by atoms with E-state index in [0.717, 1.165) is 12.1 Å². The molecule has 2 amide bonds. The molecule has 0 aliphatic carbocycles. The van der Waals surface area contributed by atoms with E-state index in [9.17, 15) is 22.8 Å². The normalized spacial score (nSPS) is 18.8. The van der Waals surface area contributed by atoms with Crippen LogP contribution < -0.4 is 10.6 Å². The van der Waals surface area contributed by atoms with Crippen molar-refractivity contribution >= 4 is 17.5 Å². The molecule has 1 fully saturated rings. The first-order chi connectivity index (χ1) is 14.3.